The molecule has 0 aromatic heterocycles. The number of halogens is 1. The van der Waals surface area contributed by atoms with E-state index < -0.39 is 5.82 Å². The van der Waals surface area contributed by atoms with E-state index in [1.165, 1.54) is 25.3 Å². The lowest BCUT2D eigenvalue weighted by Crippen LogP contribution is -2.32. The molecule has 19 heavy (non-hydrogen) atoms. The lowest BCUT2D eigenvalue weighted by molar-refractivity contribution is 0.0756. The fraction of sp³-hybridized carbons (Fsp3) is 0.562. The van der Waals surface area contributed by atoms with Gasteiger partial charge in [-0.25, -0.2) is 4.39 Å². The first-order chi connectivity index (χ1) is 9.20. The van der Waals surface area contributed by atoms with Crippen molar-refractivity contribution in [3.8, 4) is 0 Å². The number of hydrogen-bond acceptors (Lipinski definition) is 1. The van der Waals surface area contributed by atoms with Gasteiger partial charge in [-0.2, -0.15) is 0 Å². The van der Waals surface area contributed by atoms with Gasteiger partial charge in [-0.05, 0) is 25.5 Å². The van der Waals surface area contributed by atoms with E-state index in [1.807, 2.05) is 6.92 Å². The average Bonchev–Trinajstić information content (AvgIpc) is 2.43. The maximum absolute atomic E-state index is 13.6. The second-order valence-corrected chi connectivity index (χ2v) is 4.78. The molecule has 0 bridgehead atoms. The molecule has 0 aliphatic heterocycles. The zero-order valence-corrected chi connectivity index (χ0v) is 12.0. The number of hydrogen-bond donors (Lipinski definition) is 0. The lowest BCUT2D eigenvalue weighted by Gasteiger charge is -2.21. The van der Waals surface area contributed by atoms with E-state index in [0.29, 0.717) is 13.1 Å². The summed E-state index contributed by atoms with van der Waals surface area (Å²) in [6.07, 6.45) is 5.80. The fourth-order valence-electron chi connectivity index (χ4n) is 2.11. The number of amides is 1. The van der Waals surface area contributed by atoms with Crippen molar-refractivity contribution in [2.24, 2.45) is 0 Å². The summed E-state index contributed by atoms with van der Waals surface area (Å²) in [5.41, 5.74) is 0.179. The van der Waals surface area contributed by atoms with E-state index in [-0.39, 0.29) is 11.5 Å². The van der Waals surface area contributed by atoms with Crippen LogP contribution in [-0.4, -0.2) is 23.9 Å². The number of unbranched alkanes of at least 4 members (excludes halogenated alkanes) is 4. The highest BCUT2D eigenvalue weighted by atomic mass is 19.1. The first-order valence-corrected chi connectivity index (χ1v) is 7.24. The molecule has 0 saturated carbocycles. The molecule has 0 fully saturated rings. The number of carbonyl (C=O) groups excluding carboxylic acids is 1. The van der Waals surface area contributed by atoms with Gasteiger partial charge in [0.1, 0.15) is 5.82 Å². The smallest absolute Gasteiger partial charge is 0.256 e. The second-order valence-electron chi connectivity index (χ2n) is 4.78. The largest absolute Gasteiger partial charge is 0.339 e. The van der Waals surface area contributed by atoms with Crippen LogP contribution in [0.5, 0.6) is 0 Å². The van der Waals surface area contributed by atoms with E-state index in [4.69, 9.17) is 0 Å². The van der Waals surface area contributed by atoms with Crippen LogP contribution in [-0.2, 0) is 0 Å². The van der Waals surface area contributed by atoms with Gasteiger partial charge in [0, 0.05) is 13.1 Å². The Morgan fingerprint density at radius 2 is 1.79 bits per heavy atom. The van der Waals surface area contributed by atoms with Gasteiger partial charge in [-0.15, -0.1) is 0 Å². The highest BCUT2D eigenvalue weighted by Gasteiger charge is 2.16. The molecule has 1 aromatic carbocycles. The van der Waals surface area contributed by atoms with Crippen LogP contribution in [0.4, 0.5) is 4.39 Å². The Labute approximate surface area is 115 Å². The van der Waals surface area contributed by atoms with E-state index in [9.17, 15) is 9.18 Å². The molecule has 106 valence electrons. The molecule has 0 aliphatic carbocycles. The van der Waals surface area contributed by atoms with Crippen LogP contribution in [0.15, 0.2) is 24.3 Å². The van der Waals surface area contributed by atoms with Crippen LogP contribution >= 0.6 is 0 Å². The highest BCUT2D eigenvalue weighted by Crippen LogP contribution is 2.11. The van der Waals surface area contributed by atoms with E-state index >= 15 is 0 Å². The summed E-state index contributed by atoms with van der Waals surface area (Å²) in [7, 11) is 0. The number of benzene rings is 1. The Balaban J connectivity index is 2.50. The lowest BCUT2D eigenvalue weighted by atomic mass is 10.1. The minimum atomic E-state index is -0.433. The summed E-state index contributed by atoms with van der Waals surface area (Å²) in [4.78, 5) is 13.9. The Morgan fingerprint density at radius 1 is 1.11 bits per heavy atom. The molecule has 1 rings (SSSR count). The first kappa shape index (κ1) is 15.7. The van der Waals surface area contributed by atoms with Crippen molar-refractivity contribution in [2.45, 2.75) is 46.0 Å². The number of nitrogens with zero attached hydrogens (tertiary/aromatic N) is 1. The SMILES string of the molecule is CCCCCCCN(CC)C(=O)c1ccccc1F. The van der Waals surface area contributed by atoms with Gasteiger partial charge in [0.25, 0.3) is 5.91 Å². The van der Waals surface area contributed by atoms with E-state index in [1.54, 1.807) is 23.1 Å². The summed E-state index contributed by atoms with van der Waals surface area (Å²) < 4.78 is 13.6. The maximum atomic E-state index is 13.6. The third kappa shape index (κ3) is 5.01. The molecule has 0 saturated heterocycles. The molecule has 0 atom stereocenters. The van der Waals surface area contributed by atoms with Crippen molar-refractivity contribution in [1.29, 1.82) is 0 Å². The summed E-state index contributed by atoms with van der Waals surface area (Å²) in [5, 5.41) is 0. The van der Waals surface area contributed by atoms with Crippen molar-refractivity contribution in [1.82, 2.24) is 4.90 Å². The molecule has 3 heteroatoms. The zero-order chi connectivity index (χ0) is 14.1. The predicted molar refractivity (Wildman–Crippen MR) is 76.7 cm³/mol. The minimum Gasteiger partial charge on any atom is -0.339 e. The second kappa shape index (κ2) is 8.68. The molecular formula is C16H24FNO. The Morgan fingerprint density at radius 3 is 2.42 bits per heavy atom. The van der Waals surface area contributed by atoms with Crippen molar-refractivity contribution < 1.29 is 9.18 Å². The molecule has 0 unspecified atom stereocenters. The van der Waals surface area contributed by atoms with E-state index in [2.05, 4.69) is 6.92 Å². The van der Waals surface area contributed by atoms with Gasteiger partial charge in [0.05, 0.1) is 5.56 Å². The van der Waals surface area contributed by atoms with Gasteiger partial charge in [0.2, 0.25) is 0 Å². The van der Waals surface area contributed by atoms with Crippen LogP contribution in [0, 0.1) is 5.82 Å². The molecule has 0 N–H and O–H groups in total. The van der Waals surface area contributed by atoms with Gasteiger partial charge < -0.3 is 4.90 Å². The molecular weight excluding hydrogens is 241 g/mol. The van der Waals surface area contributed by atoms with Crippen LogP contribution < -0.4 is 0 Å². The third-order valence-corrected chi connectivity index (χ3v) is 3.30. The average molecular weight is 265 g/mol. The molecule has 2 nitrogen and oxygen atoms in total. The predicted octanol–water partition coefficient (Wildman–Crippen LogP) is 4.26. The third-order valence-electron chi connectivity index (χ3n) is 3.30. The normalized spacial score (nSPS) is 10.5. The van der Waals surface area contributed by atoms with Gasteiger partial charge >= 0.3 is 0 Å². The Hall–Kier alpha value is -1.38. The fourth-order valence-corrected chi connectivity index (χ4v) is 2.11. The van der Waals surface area contributed by atoms with Crippen molar-refractivity contribution >= 4 is 5.91 Å². The molecule has 0 heterocycles. The summed E-state index contributed by atoms with van der Waals surface area (Å²) in [5.74, 6) is -0.631. The van der Waals surface area contributed by atoms with Crippen molar-refractivity contribution in [2.75, 3.05) is 13.1 Å². The van der Waals surface area contributed by atoms with Gasteiger partial charge in [0.15, 0.2) is 0 Å². The molecule has 1 aromatic rings. The summed E-state index contributed by atoms with van der Waals surface area (Å²) in [6, 6.07) is 6.19. The Bertz CT molecular complexity index is 392. The molecule has 0 spiro atoms. The van der Waals surface area contributed by atoms with Crippen LogP contribution in [0.2, 0.25) is 0 Å². The summed E-state index contributed by atoms with van der Waals surface area (Å²) >= 11 is 0. The molecule has 1 amide bonds. The Kier molecular flexibility index (Phi) is 7.16. The zero-order valence-electron chi connectivity index (χ0n) is 12.0. The highest BCUT2D eigenvalue weighted by molar-refractivity contribution is 5.94. The topological polar surface area (TPSA) is 20.3 Å². The minimum absolute atomic E-state index is 0.179. The quantitative estimate of drug-likeness (QED) is 0.643. The van der Waals surface area contributed by atoms with Crippen LogP contribution in [0.1, 0.15) is 56.3 Å². The van der Waals surface area contributed by atoms with Crippen LogP contribution in [0.25, 0.3) is 0 Å². The number of rotatable bonds is 8. The first-order valence-electron chi connectivity index (χ1n) is 7.24. The molecule has 0 radical (unpaired) electrons. The van der Waals surface area contributed by atoms with Gasteiger partial charge in [-0.1, -0.05) is 44.7 Å². The van der Waals surface area contributed by atoms with E-state index in [0.717, 1.165) is 12.8 Å². The van der Waals surface area contributed by atoms with Gasteiger partial charge in [-0.3, -0.25) is 4.79 Å². The maximum Gasteiger partial charge on any atom is 0.256 e. The van der Waals surface area contributed by atoms with Crippen molar-refractivity contribution in [3.05, 3.63) is 35.6 Å². The molecule has 0 aliphatic rings. The number of carbonyl (C=O) groups is 1. The monoisotopic (exact) mass is 265 g/mol. The van der Waals surface area contributed by atoms with Crippen LogP contribution in [0.3, 0.4) is 0 Å². The standard InChI is InChI=1S/C16H24FNO/c1-3-5-6-7-10-13-18(4-2)16(19)14-11-8-9-12-15(14)17/h8-9,11-12H,3-7,10,13H2,1-2H3. The van der Waals surface area contributed by atoms with Crippen molar-refractivity contribution in [3.63, 3.8) is 0 Å². The summed E-state index contributed by atoms with van der Waals surface area (Å²) in [6.45, 7) is 5.46.